The number of hydrogen-bond acceptors (Lipinski definition) is 3. The van der Waals surface area contributed by atoms with E-state index in [0.29, 0.717) is 27.9 Å². The number of aromatic nitrogens is 3. The van der Waals surface area contributed by atoms with Crippen molar-refractivity contribution in [1.82, 2.24) is 14.8 Å². The Morgan fingerprint density at radius 1 is 1.22 bits per heavy atom. The number of anilines is 1. The minimum absolute atomic E-state index is 0.257. The molecular weight excluding hydrogens is 380 g/mol. The number of amides is 1. The van der Waals surface area contributed by atoms with Gasteiger partial charge in [-0.2, -0.15) is 4.98 Å². The van der Waals surface area contributed by atoms with Crippen molar-refractivity contribution < 1.29 is 4.79 Å². The second-order valence-electron chi connectivity index (χ2n) is 4.83. The molecule has 0 saturated carbocycles. The number of benzene rings is 2. The van der Waals surface area contributed by atoms with Crippen molar-refractivity contribution >= 4 is 39.4 Å². The van der Waals surface area contributed by atoms with E-state index in [1.54, 1.807) is 31.3 Å². The summed E-state index contributed by atoms with van der Waals surface area (Å²) in [6, 6.07) is 14.4. The number of aryl methyl sites for hydroxylation is 1. The van der Waals surface area contributed by atoms with Gasteiger partial charge in [0, 0.05) is 22.6 Å². The van der Waals surface area contributed by atoms with E-state index >= 15 is 0 Å². The van der Waals surface area contributed by atoms with Crippen LogP contribution in [0, 0.1) is 0 Å². The molecule has 0 unspecified atom stereocenters. The summed E-state index contributed by atoms with van der Waals surface area (Å²) in [6.45, 7) is 0. The molecular formula is C16H12BrClN4O. The molecule has 0 radical (unpaired) electrons. The van der Waals surface area contributed by atoms with Gasteiger partial charge < -0.3 is 0 Å². The van der Waals surface area contributed by atoms with Gasteiger partial charge in [-0.3, -0.25) is 10.1 Å². The highest BCUT2D eigenvalue weighted by Crippen LogP contribution is 2.25. The number of hydrogen-bond donors (Lipinski definition) is 1. The topological polar surface area (TPSA) is 59.8 Å². The summed E-state index contributed by atoms with van der Waals surface area (Å²) < 4.78 is 2.34. The van der Waals surface area contributed by atoms with Gasteiger partial charge in [0.1, 0.15) is 0 Å². The molecule has 1 amide bonds. The fourth-order valence-corrected chi connectivity index (χ4v) is 2.67. The first-order valence-corrected chi connectivity index (χ1v) is 7.94. The number of carbonyl (C=O) groups is 1. The quantitative estimate of drug-likeness (QED) is 0.729. The van der Waals surface area contributed by atoms with Crippen LogP contribution in [0.2, 0.25) is 5.02 Å². The first-order valence-electron chi connectivity index (χ1n) is 6.77. The van der Waals surface area contributed by atoms with E-state index < -0.39 is 0 Å². The Hall–Kier alpha value is -2.18. The zero-order chi connectivity index (χ0) is 16.4. The van der Waals surface area contributed by atoms with Crippen molar-refractivity contribution in [2.75, 3.05) is 5.32 Å². The van der Waals surface area contributed by atoms with E-state index in [4.69, 9.17) is 11.6 Å². The molecule has 0 aliphatic rings. The normalized spacial score (nSPS) is 10.6. The minimum Gasteiger partial charge on any atom is -0.291 e. The predicted molar refractivity (Wildman–Crippen MR) is 93.5 cm³/mol. The van der Waals surface area contributed by atoms with Crippen molar-refractivity contribution in [3.63, 3.8) is 0 Å². The molecule has 5 nitrogen and oxygen atoms in total. The largest absolute Gasteiger partial charge is 0.291 e. The first-order chi connectivity index (χ1) is 11.0. The molecule has 2 aromatic carbocycles. The van der Waals surface area contributed by atoms with Gasteiger partial charge in [0.25, 0.3) is 5.91 Å². The molecule has 116 valence electrons. The van der Waals surface area contributed by atoms with Gasteiger partial charge in [-0.25, -0.2) is 4.68 Å². The third-order valence-corrected chi connectivity index (χ3v) is 4.01. The smallest absolute Gasteiger partial charge is 0.258 e. The molecule has 0 saturated heterocycles. The van der Waals surface area contributed by atoms with Gasteiger partial charge in [-0.05, 0) is 30.3 Å². The third kappa shape index (κ3) is 3.43. The van der Waals surface area contributed by atoms with Gasteiger partial charge in [0.15, 0.2) is 5.82 Å². The average Bonchev–Trinajstić information content (AvgIpc) is 2.88. The van der Waals surface area contributed by atoms with Gasteiger partial charge in [-0.1, -0.05) is 45.7 Å². The highest BCUT2D eigenvalue weighted by molar-refractivity contribution is 9.10. The van der Waals surface area contributed by atoms with Crippen LogP contribution in [0.5, 0.6) is 0 Å². The molecule has 0 atom stereocenters. The summed E-state index contributed by atoms with van der Waals surface area (Å²) in [5.41, 5.74) is 1.24. The average molecular weight is 392 g/mol. The van der Waals surface area contributed by atoms with Crippen LogP contribution in [0.1, 0.15) is 10.4 Å². The lowest BCUT2D eigenvalue weighted by molar-refractivity contribution is 0.102. The Morgan fingerprint density at radius 2 is 2.00 bits per heavy atom. The number of rotatable bonds is 3. The molecule has 0 aliphatic heterocycles. The lowest BCUT2D eigenvalue weighted by atomic mass is 10.2. The highest BCUT2D eigenvalue weighted by Gasteiger charge is 2.14. The van der Waals surface area contributed by atoms with Gasteiger partial charge in [0.05, 0.1) is 5.02 Å². The molecule has 0 spiro atoms. The number of halogens is 2. The standard InChI is InChI=1S/C16H12BrClN4O/c1-22-16(20-15(23)10-5-4-6-11(17)9-10)19-14(21-22)12-7-2-3-8-13(12)18/h2-9H,1H3,(H,19,20,21,23). The summed E-state index contributed by atoms with van der Waals surface area (Å²) in [6.07, 6.45) is 0. The van der Waals surface area contributed by atoms with E-state index in [0.717, 1.165) is 4.47 Å². The zero-order valence-electron chi connectivity index (χ0n) is 12.1. The van der Waals surface area contributed by atoms with Gasteiger partial charge in [-0.15, -0.1) is 5.10 Å². The molecule has 1 heterocycles. The van der Waals surface area contributed by atoms with Crippen molar-refractivity contribution in [2.24, 2.45) is 7.05 Å². The molecule has 23 heavy (non-hydrogen) atoms. The van der Waals surface area contributed by atoms with Crippen LogP contribution in [-0.2, 0) is 7.05 Å². The second kappa shape index (κ2) is 6.52. The fraction of sp³-hybridized carbons (Fsp3) is 0.0625. The van der Waals surface area contributed by atoms with Crippen molar-refractivity contribution in [2.45, 2.75) is 0 Å². The molecule has 1 aromatic heterocycles. The van der Waals surface area contributed by atoms with Crippen LogP contribution in [0.15, 0.2) is 53.0 Å². The van der Waals surface area contributed by atoms with Crippen LogP contribution in [-0.4, -0.2) is 20.7 Å². The van der Waals surface area contributed by atoms with Crippen molar-refractivity contribution in [1.29, 1.82) is 0 Å². The summed E-state index contributed by atoms with van der Waals surface area (Å²) in [4.78, 5) is 16.6. The summed E-state index contributed by atoms with van der Waals surface area (Å²) in [5, 5.41) is 7.61. The summed E-state index contributed by atoms with van der Waals surface area (Å²) in [5.74, 6) is 0.556. The monoisotopic (exact) mass is 390 g/mol. The Balaban J connectivity index is 1.87. The Labute approximate surface area is 146 Å². The van der Waals surface area contributed by atoms with E-state index in [9.17, 15) is 4.79 Å². The van der Waals surface area contributed by atoms with Crippen LogP contribution in [0.25, 0.3) is 11.4 Å². The number of nitrogens with one attached hydrogen (secondary N) is 1. The van der Waals surface area contributed by atoms with E-state index in [-0.39, 0.29) is 5.91 Å². The third-order valence-electron chi connectivity index (χ3n) is 3.19. The van der Waals surface area contributed by atoms with Gasteiger partial charge in [0.2, 0.25) is 5.95 Å². The van der Waals surface area contributed by atoms with E-state index in [1.165, 1.54) is 4.68 Å². The predicted octanol–water partition coefficient (Wildman–Crippen LogP) is 4.15. The van der Waals surface area contributed by atoms with E-state index in [2.05, 4.69) is 31.3 Å². The minimum atomic E-state index is -0.257. The summed E-state index contributed by atoms with van der Waals surface area (Å²) >= 11 is 9.50. The summed E-state index contributed by atoms with van der Waals surface area (Å²) in [7, 11) is 1.71. The Kier molecular flexibility index (Phi) is 4.45. The fourth-order valence-electron chi connectivity index (χ4n) is 2.05. The Bertz CT molecular complexity index is 878. The number of nitrogens with zero attached hydrogens (tertiary/aromatic N) is 3. The van der Waals surface area contributed by atoms with Crippen molar-refractivity contribution in [3.05, 3.63) is 63.6 Å². The number of carbonyl (C=O) groups excluding carboxylic acids is 1. The van der Waals surface area contributed by atoms with Crippen LogP contribution < -0.4 is 5.32 Å². The maximum atomic E-state index is 12.3. The maximum absolute atomic E-state index is 12.3. The molecule has 0 bridgehead atoms. The first kappa shape index (κ1) is 15.7. The molecule has 1 N–H and O–H groups in total. The molecule has 0 fully saturated rings. The molecule has 3 rings (SSSR count). The van der Waals surface area contributed by atoms with E-state index in [1.807, 2.05) is 24.3 Å². The molecule has 3 aromatic rings. The second-order valence-corrected chi connectivity index (χ2v) is 6.15. The van der Waals surface area contributed by atoms with Gasteiger partial charge >= 0.3 is 0 Å². The molecule has 7 heteroatoms. The highest BCUT2D eigenvalue weighted by atomic mass is 79.9. The van der Waals surface area contributed by atoms with Crippen LogP contribution in [0.4, 0.5) is 5.95 Å². The van der Waals surface area contributed by atoms with Crippen LogP contribution >= 0.6 is 27.5 Å². The Morgan fingerprint density at radius 3 is 2.74 bits per heavy atom. The van der Waals surface area contributed by atoms with Crippen LogP contribution in [0.3, 0.4) is 0 Å². The maximum Gasteiger partial charge on any atom is 0.258 e. The van der Waals surface area contributed by atoms with Crippen molar-refractivity contribution in [3.8, 4) is 11.4 Å². The lowest BCUT2D eigenvalue weighted by Crippen LogP contribution is -2.15. The lowest BCUT2D eigenvalue weighted by Gasteiger charge is -2.03. The SMILES string of the molecule is Cn1nc(-c2ccccc2Cl)nc1NC(=O)c1cccc(Br)c1. The zero-order valence-corrected chi connectivity index (χ0v) is 14.5. The molecule has 0 aliphatic carbocycles.